The van der Waals surface area contributed by atoms with Crippen LogP contribution in [0.2, 0.25) is 0 Å². The number of nitrogens with one attached hydrogen (secondary N) is 1. The van der Waals surface area contributed by atoms with E-state index in [1.54, 1.807) is 0 Å². The highest BCUT2D eigenvalue weighted by Gasteiger charge is 2.02. The van der Waals surface area contributed by atoms with E-state index in [4.69, 9.17) is 10.8 Å². The number of thiocarbonyl (C=S) groups is 1. The molecular formula is C5H10N2O2S2. The lowest BCUT2D eigenvalue weighted by Crippen LogP contribution is -2.29. The molecule has 4 nitrogen and oxygen atoms in total. The molecule has 6 heteroatoms. The first-order chi connectivity index (χ1) is 5.20. The number of hydrogen-bond donors (Lipinski definition) is 3. The fourth-order valence-electron chi connectivity index (χ4n) is 0.328. The third kappa shape index (κ3) is 6.24. The molecule has 0 radical (unpaired) electrons. The van der Waals surface area contributed by atoms with Crippen LogP contribution in [0.25, 0.3) is 0 Å². The van der Waals surface area contributed by atoms with Gasteiger partial charge in [-0.1, -0.05) is 24.2 Å². The van der Waals surface area contributed by atoms with Crippen LogP contribution in [0.15, 0.2) is 0 Å². The Hall–Kier alpha value is -0.170. The standard InChI is InChI=1S/C5H10N2O2S2/c6-5(9)3-11-7-4(1-8)2-10/h2,4,7-8H,1,3H2,(H2,6,9)/t4-/m0/s1. The number of carbonyl (C=O) groups is 1. The van der Waals surface area contributed by atoms with Crippen LogP contribution >= 0.6 is 24.2 Å². The fraction of sp³-hybridized carbons (Fsp3) is 0.600. The summed E-state index contributed by atoms with van der Waals surface area (Å²) in [4.78, 5) is 10.2. The largest absolute Gasteiger partial charge is 0.394 e. The van der Waals surface area contributed by atoms with Gasteiger partial charge in [-0.15, -0.1) is 0 Å². The molecule has 11 heavy (non-hydrogen) atoms. The third-order valence-electron chi connectivity index (χ3n) is 0.810. The highest BCUT2D eigenvalue weighted by molar-refractivity contribution is 7.98. The van der Waals surface area contributed by atoms with Crippen molar-refractivity contribution in [1.29, 1.82) is 0 Å². The molecule has 0 aliphatic rings. The van der Waals surface area contributed by atoms with Crippen molar-refractivity contribution in [3.63, 3.8) is 0 Å². The summed E-state index contributed by atoms with van der Waals surface area (Å²) in [5.41, 5.74) is 4.86. The summed E-state index contributed by atoms with van der Waals surface area (Å²) < 4.78 is 2.76. The van der Waals surface area contributed by atoms with E-state index in [1.165, 1.54) is 5.37 Å². The number of nitrogens with two attached hydrogens (primary N) is 1. The van der Waals surface area contributed by atoms with E-state index in [9.17, 15) is 4.79 Å². The average Bonchev–Trinajstić information content (AvgIpc) is 1.98. The molecule has 1 amide bonds. The molecule has 0 aliphatic heterocycles. The Bertz CT molecular complexity index is 142. The minimum Gasteiger partial charge on any atom is -0.394 e. The Kier molecular flexibility index (Phi) is 6.43. The first-order valence-corrected chi connectivity index (χ1v) is 4.38. The Balaban J connectivity index is 3.35. The molecule has 0 saturated carbocycles. The Labute approximate surface area is 74.7 Å². The monoisotopic (exact) mass is 194 g/mol. The van der Waals surface area contributed by atoms with E-state index in [2.05, 4.69) is 16.9 Å². The van der Waals surface area contributed by atoms with Crippen molar-refractivity contribution < 1.29 is 9.90 Å². The zero-order chi connectivity index (χ0) is 8.69. The number of aliphatic hydroxyl groups excluding tert-OH is 1. The van der Waals surface area contributed by atoms with Crippen molar-refractivity contribution in [2.24, 2.45) is 5.73 Å². The summed E-state index contributed by atoms with van der Waals surface area (Å²) in [6.07, 6.45) is 0. The molecule has 0 unspecified atom stereocenters. The van der Waals surface area contributed by atoms with Gasteiger partial charge >= 0.3 is 0 Å². The van der Waals surface area contributed by atoms with Crippen molar-refractivity contribution >= 4 is 35.4 Å². The van der Waals surface area contributed by atoms with E-state index in [0.717, 1.165) is 11.9 Å². The summed E-state index contributed by atoms with van der Waals surface area (Å²) in [5.74, 6) is -0.219. The van der Waals surface area contributed by atoms with Gasteiger partial charge in [0.15, 0.2) is 0 Å². The Morgan fingerprint density at radius 1 is 1.91 bits per heavy atom. The first-order valence-electron chi connectivity index (χ1n) is 2.92. The van der Waals surface area contributed by atoms with Crippen molar-refractivity contribution in [3.05, 3.63) is 0 Å². The lowest BCUT2D eigenvalue weighted by molar-refractivity contribution is -0.115. The maximum Gasteiger partial charge on any atom is 0.228 e. The first kappa shape index (κ1) is 10.8. The number of aliphatic hydroxyl groups is 1. The predicted octanol–water partition coefficient (Wildman–Crippen LogP) is -0.930. The van der Waals surface area contributed by atoms with Crippen LogP contribution < -0.4 is 10.5 Å². The molecule has 0 aromatic carbocycles. The van der Waals surface area contributed by atoms with Crippen LogP contribution in [0.3, 0.4) is 0 Å². The van der Waals surface area contributed by atoms with Crippen LogP contribution in [0.4, 0.5) is 0 Å². The smallest absolute Gasteiger partial charge is 0.228 e. The molecule has 0 aromatic heterocycles. The van der Waals surface area contributed by atoms with Crippen LogP contribution in [-0.2, 0) is 4.79 Å². The quantitative estimate of drug-likeness (QED) is 0.376. The van der Waals surface area contributed by atoms with Crippen LogP contribution in [-0.4, -0.2) is 34.8 Å². The molecule has 1 atom stereocenters. The topological polar surface area (TPSA) is 75.4 Å². The van der Waals surface area contributed by atoms with E-state index < -0.39 is 5.91 Å². The van der Waals surface area contributed by atoms with Gasteiger partial charge in [-0.05, 0) is 5.37 Å². The minimum absolute atomic E-state index is 0.0741. The van der Waals surface area contributed by atoms with Gasteiger partial charge in [0.2, 0.25) is 5.91 Å². The van der Waals surface area contributed by atoms with Gasteiger partial charge in [0.1, 0.15) is 0 Å². The lowest BCUT2D eigenvalue weighted by Gasteiger charge is -2.07. The zero-order valence-electron chi connectivity index (χ0n) is 5.82. The summed E-state index contributed by atoms with van der Waals surface area (Å²) in [5, 5.41) is 10.00. The molecule has 0 saturated heterocycles. The summed E-state index contributed by atoms with van der Waals surface area (Å²) in [6, 6.07) is -0.255. The third-order valence-corrected chi connectivity index (χ3v) is 2.04. The van der Waals surface area contributed by atoms with Crippen molar-refractivity contribution in [3.8, 4) is 0 Å². The van der Waals surface area contributed by atoms with Gasteiger partial charge in [-0.25, -0.2) is 0 Å². The molecule has 0 aromatic rings. The maximum absolute atomic E-state index is 10.2. The van der Waals surface area contributed by atoms with Crippen LogP contribution in [0.1, 0.15) is 0 Å². The second-order valence-electron chi connectivity index (χ2n) is 1.80. The van der Waals surface area contributed by atoms with Crippen LogP contribution in [0.5, 0.6) is 0 Å². The van der Waals surface area contributed by atoms with Crippen molar-refractivity contribution in [1.82, 2.24) is 4.72 Å². The van der Waals surface area contributed by atoms with E-state index in [-0.39, 0.29) is 18.4 Å². The second kappa shape index (κ2) is 6.53. The Morgan fingerprint density at radius 2 is 2.55 bits per heavy atom. The molecule has 64 valence electrons. The molecule has 0 aliphatic carbocycles. The van der Waals surface area contributed by atoms with Crippen LogP contribution in [0, 0.1) is 0 Å². The fourth-order valence-corrected chi connectivity index (χ4v) is 1.15. The molecule has 0 fully saturated rings. The lowest BCUT2D eigenvalue weighted by atomic mass is 10.4. The SMILES string of the molecule is NC(=O)CSN[C@H](C=S)CO. The van der Waals surface area contributed by atoms with E-state index >= 15 is 0 Å². The number of amides is 1. The molecule has 0 spiro atoms. The van der Waals surface area contributed by atoms with Gasteiger partial charge in [-0.2, -0.15) is 0 Å². The predicted molar refractivity (Wildman–Crippen MR) is 49.3 cm³/mol. The molecule has 4 N–H and O–H groups in total. The van der Waals surface area contributed by atoms with Gasteiger partial charge < -0.3 is 10.8 Å². The maximum atomic E-state index is 10.2. The van der Waals surface area contributed by atoms with Gasteiger partial charge in [0.05, 0.1) is 18.4 Å². The molecular weight excluding hydrogens is 184 g/mol. The number of carbonyl (C=O) groups excluding carboxylic acids is 1. The van der Waals surface area contributed by atoms with E-state index in [0.29, 0.717) is 0 Å². The normalized spacial score (nSPS) is 12.5. The van der Waals surface area contributed by atoms with Crippen molar-refractivity contribution in [2.45, 2.75) is 6.04 Å². The Morgan fingerprint density at radius 3 is 2.91 bits per heavy atom. The zero-order valence-corrected chi connectivity index (χ0v) is 7.45. The highest BCUT2D eigenvalue weighted by Crippen LogP contribution is 1.93. The number of hydrogen-bond acceptors (Lipinski definition) is 5. The van der Waals surface area contributed by atoms with Gasteiger partial charge in [0.25, 0.3) is 0 Å². The van der Waals surface area contributed by atoms with Gasteiger partial charge in [0, 0.05) is 0 Å². The van der Waals surface area contributed by atoms with E-state index in [1.807, 2.05) is 0 Å². The molecule has 0 bridgehead atoms. The molecule has 0 rings (SSSR count). The van der Waals surface area contributed by atoms with Crippen molar-refractivity contribution in [2.75, 3.05) is 12.4 Å². The number of rotatable bonds is 6. The summed E-state index contributed by atoms with van der Waals surface area (Å²) in [7, 11) is 0. The van der Waals surface area contributed by atoms with Gasteiger partial charge in [-0.3, -0.25) is 9.52 Å². The summed E-state index contributed by atoms with van der Waals surface area (Å²) in [6.45, 7) is -0.0741. The molecule has 0 heterocycles. The number of primary amides is 1. The summed E-state index contributed by atoms with van der Waals surface area (Å²) >= 11 is 5.71. The minimum atomic E-state index is -0.399. The average molecular weight is 194 g/mol. The highest BCUT2D eigenvalue weighted by atomic mass is 32.2. The second-order valence-corrected chi connectivity index (χ2v) is 2.88.